The van der Waals surface area contributed by atoms with E-state index in [-0.39, 0.29) is 18.8 Å². The summed E-state index contributed by atoms with van der Waals surface area (Å²) in [6, 6.07) is 0. The summed E-state index contributed by atoms with van der Waals surface area (Å²) in [5.41, 5.74) is 0. The second kappa shape index (κ2) is 4.77. The molecule has 0 fully saturated rings. The van der Waals surface area contributed by atoms with E-state index in [1.165, 1.54) is 0 Å². The topological polar surface area (TPSA) is 55.1 Å². The summed E-state index contributed by atoms with van der Waals surface area (Å²) in [4.78, 5) is 14.2. The lowest BCUT2D eigenvalue weighted by molar-refractivity contribution is -0.137. The lowest BCUT2D eigenvalue weighted by atomic mass is 10.3. The predicted octanol–water partition coefficient (Wildman–Crippen LogP) is 0.859. The van der Waals surface area contributed by atoms with Crippen molar-refractivity contribution in [1.82, 2.24) is 9.55 Å². The van der Waals surface area contributed by atoms with E-state index in [4.69, 9.17) is 5.11 Å². The number of rotatable bonds is 3. The van der Waals surface area contributed by atoms with Gasteiger partial charge in [-0.25, -0.2) is 4.98 Å². The van der Waals surface area contributed by atoms with Crippen LogP contribution in [0, 0.1) is 0 Å². The molecule has 0 bridgehead atoms. The molecule has 0 saturated heterocycles. The van der Waals surface area contributed by atoms with Crippen LogP contribution in [-0.2, 0) is 18.3 Å². The van der Waals surface area contributed by atoms with Gasteiger partial charge in [0.2, 0.25) is 0 Å². The van der Waals surface area contributed by atoms with Gasteiger partial charge in [-0.3, -0.25) is 4.79 Å². The maximum absolute atomic E-state index is 10.2. The molecule has 1 aromatic rings. The highest BCUT2D eigenvalue weighted by atomic mass is 35.5. The highest BCUT2D eigenvalue weighted by Crippen LogP contribution is 1.97. The van der Waals surface area contributed by atoms with Crippen molar-refractivity contribution in [2.24, 2.45) is 7.05 Å². The van der Waals surface area contributed by atoms with Gasteiger partial charge in [0.1, 0.15) is 5.82 Å². The molecule has 4 nitrogen and oxygen atoms in total. The molecule has 12 heavy (non-hydrogen) atoms. The maximum atomic E-state index is 10.2. The number of carboxylic acid groups (broad SMARTS) is 1. The molecule has 0 aliphatic rings. The molecular formula is C7H11ClN2O2. The number of carbonyl (C=O) groups is 1. The molecule has 0 atom stereocenters. The average molecular weight is 191 g/mol. The molecule has 1 N–H and O–H groups in total. The van der Waals surface area contributed by atoms with Gasteiger partial charge >= 0.3 is 5.97 Å². The zero-order valence-corrected chi connectivity index (χ0v) is 7.54. The summed E-state index contributed by atoms with van der Waals surface area (Å²) < 4.78 is 1.82. The molecule has 0 amide bonds. The van der Waals surface area contributed by atoms with Crippen LogP contribution in [0.15, 0.2) is 12.4 Å². The molecule has 0 aliphatic carbocycles. The molecule has 68 valence electrons. The minimum atomic E-state index is -0.784. The Morgan fingerprint density at radius 3 is 2.83 bits per heavy atom. The number of hydrogen-bond acceptors (Lipinski definition) is 2. The van der Waals surface area contributed by atoms with E-state index in [1.807, 2.05) is 11.6 Å². The highest BCUT2D eigenvalue weighted by Gasteiger charge is 2.01. The van der Waals surface area contributed by atoms with Crippen LogP contribution in [0.4, 0.5) is 0 Å². The van der Waals surface area contributed by atoms with Crippen molar-refractivity contribution in [3.8, 4) is 0 Å². The van der Waals surface area contributed by atoms with Crippen LogP contribution >= 0.6 is 12.4 Å². The minimum absolute atomic E-state index is 0. The van der Waals surface area contributed by atoms with Gasteiger partial charge in [-0.2, -0.15) is 0 Å². The second-order valence-corrected chi connectivity index (χ2v) is 2.35. The third-order valence-corrected chi connectivity index (χ3v) is 1.48. The minimum Gasteiger partial charge on any atom is -0.481 e. The fourth-order valence-corrected chi connectivity index (χ4v) is 0.856. The van der Waals surface area contributed by atoms with E-state index in [0.29, 0.717) is 6.42 Å². The number of aromatic nitrogens is 2. The van der Waals surface area contributed by atoms with Crippen molar-refractivity contribution in [1.29, 1.82) is 0 Å². The van der Waals surface area contributed by atoms with Gasteiger partial charge in [0.05, 0.1) is 6.42 Å². The summed E-state index contributed by atoms with van der Waals surface area (Å²) >= 11 is 0. The largest absolute Gasteiger partial charge is 0.481 e. The fraction of sp³-hybridized carbons (Fsp3) is 0.429. The van der Waals surface area contributed by atoms with Crippen LogP contribution in [0.5, 0.6) is 0 Å². The summed E-state index contributed by atoms with van der Waals surface area (Å²) in [5, 5.41) is 8.37. The molecule has 0 spiro atoms. The summed E-state index contributed by atoms with van der Waals surface area (Å²) in [6.07, 6.45) is 4.11. The molecule has 1 heterocycles. The molecule has 0 aliphatic heterocycles. The van der Waals surface area contributed by atoms with Crippen LogP contribution < -0.4 is 0 Å². The first-order valence-corrected chi connectivity index (χ1v) is 3.38. The van der Waals surface area contributed by atoms with E-state index in [1.54, 1.807) is 12.4 Å². The van der Waals surface area contributed by atoms with E-state index in [2.05, 4.69) is 4.98 Å². The Balaban J connectivity index is 0.00000121. The Morgan fingerprint density at radius 2 is 2.42 bits per heavy atom. The summed E-state index contributed by atoms with van der Waals surface area (Å²) in [5.74, 6) is 0.0281. The van der Waals surface area contributed by atoms with Gasteiger partial charge in [-0.1, -0.05) is 0 Å². The van der Waals surface area contributed by atoms with Crippen molar-refractivity contribution < 1.29 is 9.90 Å². The Labute approximate surface area is 76.6 Å². The standard InChI is InChI=1S/C7H10N2O2.ClH/c1-9-5-4-8-6(9)2-3-7(10)11;/h4-5H,2-3H2,1H3,(H,10,11);1H. The number of imidazole rings is 1. The number of nitrogens with zero attached hydrogens (tertiary/aromatic N) is 2. The van der Waals surface area contributed by atoms with Gasteiger partial charge in [-0.15, -0.1) is 12.4 Å². The second-order valence-electron chi connectivity index (χ2n) is 2.35. The SMILES string of the molecule is Cl.Cn1ccnc1CCC(=O)O. The third-order valence-electron chi connectivity index (χ3n) is 1.48. The average Bonchev–Trinajstić information content (AvgIpc) is 2.31. The van der Waals surface area contributed by atoms with Crippen molar-refractivity contribution in [3.63, 3.8) is 0 Å². The summed E-state index contributed by atoms with van der Waals surface area (Å²) in [7, 11) is 1.85. The molecule has 1 aromatic heterocycles. The molecule has 0 radical (unpaired) electrons. The van der Waals surface area contributed by atoms with Gasteiger partial charge in [0.25, 0.3) is 0 Å². The normalized spacial score (nSPS) is 9.08. The van der Waals surface area contributed by atoms with Gasteiger partial charge < -0.3 is 9.67 Å². The Bertz CT molecular complexity index is 260. The Kier molecular flexibility index (Phi) is 4.36. The Hall–Kier alpha value is -1.03. The zero-order valence-electron chi connectivity index (χ0n) is 6.73. The first kappa shape index (κ1) is 11.0. The van der Waals surface area contributed by atoms with E-state index >= 15 is 0 Å². The van der Waals surface area contributed by atoms with Crippen LogP contribution in [0.25, 0.3) is 0 Å². The Morgan fingerprint density at radius 1 is 1.75 bits per heavy atom. The summed E-state index contributed by atoms with van der Waals surface area (Å²) in [6.45, 7) is 0. The maximum Gasteiger partial charge on any atom is 0.303 e. The molecule has 0 saturated carbocycles. The highest BCUT2D eigenvalue weighted by molar-refractivity contribution is 5.85. The predicted molar refractivity (Wildman–Crippen MR) is 46.4 cm³/mol. The molecule has 1 rings (SSSR count). The van der Waals surface area contributed by atoms with Gasteiger partial charge in [0.15, 0.2) is 0 Å². The lowest BCUT2D eigenvalue weighted by Crippen LogP contribution is -2.02. The molecule has 0 aromatic carbocycles. The van der Waals surface area contributed by atoms with Gasteiger partial charge in [-0.05, 0) is 0 Å². The number of aryl methyl sites for hydroxylation is 2. The van der Waals surface area contributed by atoms with Crippen molar-refractivity contribution in [2.75, 3.05) is 0 Å². The van der Waals surface area contributed by atoms with Crippen molar-refractivity contribution in [2.45, 2.75) is 12.8 Å². The van der Waals surface area contributed by atoms with Crippen LogP contribution in [-0.4, -0.2) is 20.6 Å². The van der Waals surface area contributed by atoms with E-state index in [0.717, 1.165) is 5.82 Å². The number of hydrogen-bond donors (Lipinski definition) is 1. The zero-order chi connectivity index (χ0) is 8.27. The fourth-order valence-electron chi connectivity index (χ4n) is 0.856. The molecular weight excluding hydrogens is 180 g/mol. The van der Waals surface area contributed by atoms with E-state index < -0.39 is 5.97 Å². The quantitative estimate of drug-likeness (QED) is 0.769. The van der Waals surface area contributed by atoms with Crippen molar-refractivity contribution in [3.05, 3.63) is 18.2 Å². The van der Waals surface area contributed by atoms with Crippen molar-refractivity contribution >= 4 is 18.4 Å². The lowest BCUT2D eigenvalue weighted by Gasteiger charge is -1.97. The monoisotopic (exact) mass is 190 g/mol. The number of halogens is 1. The number of aliphatic carboxylic acids is 1. The number of carboxylic acids is 1. The first-order chi connectivity index (χ1) is 5.20. The van der Waals surface area contributed by atoms with E-state index in [9.17, 15) is 4.79 Å². The third kappa shape index (κ3) is 2.92. The first-order valence-electron chi connectivity index (χ1n) is 3.38. The van der Waals surface area contributed by atoms with Crippen LogP contribution in [0.3, 0.4) is 0 Å². The smallest absolute Gasteiger partial charge is 0.303 e. The molecule has 5 heteroatoms. The van der Waals surface area contributed by atoms with Gasteiger partial charge in [0, 0.05) is 25.9 Å². The van der Waals surface area contributed by atoms with Crippen LogP contribution in [0.2, 0.25) is 0 Å². The molecule has 0 unspecified atom stereocenters. The van der Waals surface area contributed by atoms with Crippen LogP contribution in [0.1, 0.15) is 12.2 Å².